The molecule has 3 aromatic rings. The van der Waals surface area contributed by atoms with Crippen molar-refractivity contribution in [3.8, 4) is 21.1 Å². The maximum absolute atomic E-state index is 11.9. The molecule has 130 valence electrons. The Balaban J connectivity index is 1.96. The predicted molar refractivity (Wildman–Crippen MR) is 103 cm³/mol. The van der Waals surface area contributed by atoms with Crippen LogP contribution in [0, 0.1) is 0 Å². The van der Waals surface area contributed by atoms with Crippen molar-refractivity contribution in [3.63, 3.8) is 0 Å². The Morgan fingerprint density at radius 2 is 2.12 bits per heavy atom. The monoisotopic (exact) mass is 373 g/mol. The Labute approximate surface area is 154 Å². The highest BCUT2D eigenvalue weighted by molar-refractivity contribution is 7.17. The van der Waals surface area contributed by atoms with Crippen LogP contribution >= 0.6 is 22.7 Å². The van der Waals surface area contributed by atoms with Gasteiger partial charge < -0.3 is 9.64 Å². The number of aromatic nitrogens is 2. The molecular weight excluding hydrogens is 354 g/mol. The molecule has 3 heterocycles. The Morgan fingerprint density at radius 3 is 2.72 bits per heavy atom. The van der Waals surface area contributed by atoms with Crippen LogP contribution in [0.25, 0.3) is 21.1 Å². The van der Waals surface area contributed by atoms with Crippen molar-refractivity contribution in [1.82, 2.24) is 9.97 Å². The molecule has 0 aliphatic rings. The summed E-state index contributed by atoms with van der Waals surface area (Å²) in [6, 6.07) is 7.98. The molecule has 0 radical (unpaired) electrons. The maximum atomic E-state index is 11.9. The number of hydrogen-bond acceptors (Lipinski definition) is 7. The van der Waals surface area contributed by atoms with Gasteiger partial charge in [0.2, 0.25) is 0 Å². The highest BCUT2D eigenvalue weighted by Gasteiger charge is 2.18. The Hall–Kier alpha value is -2.25. The van der Waals surface area contributed by atoms with Gasteiger partial charge in [0, 0.05) is 30.7 Å². The van der Waals surface area contributed by atoms with Crippen LogP contribution in [0.5, 0.6) is 0 Å². The SMILES string of the molecule is CCOC(=O)Cc1sc(-c2ccc(N(C)C)nc2)nc1-c1cccs1. The molecular formula is C18H19N3O2S2. The number of ether oxygens (including phenoxy) is 1. The number of carbonyl (C=O) groups is 1. The van der Waals surface area contributed by atoms with E-state index in [0.717, 1.165) is 31.8 Å². The molecule has 0 saturated carbocycles. The van der Waals surface area contributed by atoms with Gasteiger partial charge in [0.1, 0.15) is 10.8 Å². The van der Waals surface area contributed by atoms with E-state index >= 15 is 0 Å². The third-order valence-electron chi connectivity index (χ3n) is 3.52. The number of pyridine rings is 1. The molecule has 0 aliphatic carbocycles. The molecule has 0 unspecified atom stereocenters. The number of esters is 1. The number of hydrogen-bond donors (Lipinski definition) is 0. The molecule has 0 spiro atoms. The summed E-state index contributed by atoms with van der Waals surface area (Å²) >= 11 is 3.14. The van der Waals surface area contributed by atoms with E-state index in [2.05, 4.69) is 4.98 Å². The van der Waals surface area contributed by atoms with Gasteiger partial charge in [-0.3, -0.25) is 4.79 Å². The van der Waals surface area contributed by atoms with Crippen molar-refractivity contribution in [2.45, 2.75) is 13.3 Å². The largest absolute Gasteiger partial charge is 0.466 e. The van der Waals surface area contributed by atoms with Crippen LogP contribution in [0.2, 0.25) is 0 Å². The maximum Gasteiger partial charge on any atom is 0.311 e. The average Bonchev–Trinajstić information content (AvgIpc) is 3.24. The molecule has 0 N–H and O–H groups in total. The van der Waals surface area contributed by atoms with E-state index in [-0.39, 0.29) is 12.4 Å². The quantitative estimate of drug-likeness (QED) is 0.609. The predicted octanol–water partition coefficient (Wildman–Crippen LogP) is 4.11. The second kappa shape index (κ2) is 7.76. The molecule has 0 atom stereocenters. The lowest BCUT2D eigenvalue weighted by Crippen LogP contribution is -2.09. The summed E-state index contributed by atoms with van der Waals surface area (Å²) < 4.78 is 5.10. The first-order valence-electron chi connectivity index (χ1n) is 7.91. The van der Waals surface area contributed by atoms with Gasteiger partial charge in [0.25, 0.3) is 0 Å². The molecule has 5 nitrogen and oxygen atoms in total. The summed E-state index contributed by atoms with van der Waals surface area (Å²) in [5, 5.41) is 2.87. The lowest BCUT2D eigenvalue weighted by Gasteiger charge is -2.10. The molecule has 0 aliphatic heterocycles. The van der Waals surface area contributed by atoms with Gasteiger partial charge in [-0.15, -0.1) is 22.7 Å². The molecule has 0 aromatic carbocycles. The molecule has 3 aromatic heterocycles. The van der Waals surface area contributed by atoms with Crippen molar-refractivity contribution in [1.29, 1.82) is 0 Å². The van der Waals surface area contributed by atoms with Crippen LogP contribution < -0.4 is 4.90 Å². The second-order valence-corrected chi connectivity index (χ2v) is 7.58. The Bertz CT molecular complexity index is 840. The topological polar surface area (TPSA) is 55.3 Å². The van der Waals surface area contributed by atoms with Crippen molar-refractivity contribution >= 4 is 34.5 Å². The van der Waals surface area contributed by atoms with Gasteiger partial charge in [-0.1, -0.05) is 6.07 Å². The van der Waals surface area contributed by atoms with Gasteiger partial charge in [0.15, 0.2) is 0 Å². The fraction of sp³-hybridized carbons (Fsp3) is 0.278. The van der Waals surface area contributed by atoms with Crippen LogP contribution in [0.15, 0.2) is 35.8 Å². The molecule has 7 heteroatoms. The number of thiazole rings is 1. The Kier molecular flexibility index (Phi) is 5.45. The van der Waals surface area contributed by atoms with Crippen LogP contribution in [-0.4, -0.2) is 36.6 Å². The summed E-state index contributed by atoms with van der Waals surface area (Å²) in [6.07, 6.45) is 2.06. The fourth-order valence-corrected chi connectivity index (χ4v) is 4.18. The minimum absolute atomic E-state index is 0.225. The van der Waals surface area contributed by atoms with E-state index < -0.39 is 0 Å². The highest BCUT2D eigenvalue weighted by Crippen LogP contribution is 2.36. The van der Waals surface area contributed by atoms with Crippen molar-refractivity contribution < 1.29 is 9.53 Å². The molecule has 25 heavy (non-hydrogen) atoms. The smallest absolute Gasteiger partial charge is 0.311 e. The van der Waals surface area contributed by atoms with Gasteiger partial charge in [-0.2, -0.15) is 0 Å². The second-order valence-electron chi connectivity index (χ2n) is 5.55. The number of nitrogens with zero attached hydrogens (tertiary/aromatic N) is 3. The Morgan fingerprint density at radius 1 is 1.28 bits per heavy atom. The van der Waals surface area contributed by atoms with E-state index in [1.165, 1.54) is 11.3 Å². The first-order valence-corrected chi connectivity index (χ1v) is 9.61. The summed E-state index contributed by atoms with van der Waals surface area (Å²) in [5.41, 5.74) is 1.81. The normalized spacial score (nSPS) is 10.7. The molecule has 3 rings (SSSR count). The zero-order valence-electron chi connectivity index (χ0n) is 14.4. The molecule has 0 saturated heterocycles. The third kappa shape index (κ3) is 4.05. The number of anilines is 1. The van der Waals surface area contributed by atoms with Crippen molar-refractivity contribution in [2.24, 2.45) is 0 Å². The van der Waals surface area contributed by atoms with Gasteiger partial charge in [-0.25, -0.2) is 9.97 Å². The lowest BCUT2D eigenvalue weighted by molar-refractivity contribution is -0.142. The zero-order valence-corrected chi connectivity index (χ0v) is 16.0. The van der Waals surface area contributed by atoms with Crippen LogP contribution in [0.4, 0.5) is 5.82 Å². The number of carbonyl (C=O) groups excluding carboxylic acids is 1. The van der Waals surface area contributed by atoms with Gasteiger partial charge >= 0.3 is 5.97 Å². The number of rotatable bonds is 6. The van der Waals surface area contributed by atoms with Gasteiger partial charge in [0.05, 0.1) is 23.6 Å². The van der Waals surface area contributed by atoms with E-state index in [0.29, 0.717) is 6.61 Å². The fourth-order valence-electron chi connectivity index (χ4n) is 2.32. The molecule has 0 bridgehead atoms. The van der Waals surface area contributed by atoms with Crippen LogP contribution in [0.1, 0.15) is 11.8 Å². The number of thiophene rings is 1. The van der Waals surface area contributed by atoms with Crippen molar-refractivity contribution in [3.05, 3.63) is 40.7 Å². The molecule has 0 fully saturated rings. The van der Waals surface area contributed by atoms with Gasteiger partial charge in [-0.05, 0) is 30.5 Å². The van der Waals surface area contributed by atoms with Crippen LogP contribution in [-0.2, 0) is 16.0 Å². The molecule has 0 amide bonds. The van der Waals surface area contributed by atoms with E-state index in [9.17, 15) is 4.79 Å². The average molecular weight is 374 g/mol. The summed E-state index contributed by atoms with van der Waals surface area (Å²) in [6.45, 7) is 2.20. The van der Waals surface area contributed by atoms with E-state index in [1.807, 2.05) is 61.8 Å². The highest BCUT2D eigenvalue weighted by atomic mass is 32.1. The van der Waals surface area contributed by atoms with Crippen molar-refractivity contribution in [2.75, 3.05) is 25.6 Å². The summed E-state index contributed by atoms with van der Waals surface area (Å²) in [5.74, 6) is 0.669. The first kappa shape index (κ1) is 17.6. The minimum Gasteiger partial charge on any atom is -0.466 e. The zero-order chi connectivity index (χ0) is 17.8. The third-order valence-corrected chi connectivity index (χ3v) is 5.50. The summed E-state index contributed by atoms with van der Waals surface area (Å²) in [4.78, 5) is 25.1. The van der Waals surface area contributed by atoms with Crippen LogP contribution in [0.3, 0.4) is 0 Å². The standard InChI is InChI=1S/C18H19N3O2S2/c1-4-23-16(22)10-14-17(13-6-5-9-24-13)20-18(25-14)12-7-8-15(19-11-12)21(2)3/h5-9,11H,4,10H2,1-3H3. The first-order chi connectivity index (χ1) is 12.1. The minimum atomic E-state index is -0.225. The van der Waals surface area contributed by atoms with E-state index in [1.54, 1.807) is 11.3 Å². The van der Waals surface area contributed by atoms with E-state index in [4.69, 9.17) is 9.72 Å². The summed E-state index contributed by atoms with van der Waals surface area (Å²) in [7, 11) is 3.91. The lowest BCUT2D eigenvalue weighted by atomic mass is 10.2.